The van der Waals surface area contributed by atoms with Crippen LogP contribution in [0.2, 0.25) is 0 Å². The Bertz CT molecular complexity index is 1180. The Morgan fingerprint density at radius 1 is 1.31 bits per heavy atom. The number of hydrogen-bond acceptors (Lipinski definition) is 4. The number of halogens is 2. The lowest BCUT2D eigenvalue weighted by molar-refractivity contribution is 0.101. The molecule has 0 saturated carbocycles. The molecule has 5 rings (SSSR count). The van der Waals surface area contributed by atoms with E-state index in [9.17, 15) is 13.6 Å². The Hall–Kier alpha value is -3.13. The molecule has 0 bridgehead atoms. The number of hydrogen-bond donors (Lipinski definition) is 1. The topological polar surface area (TPSA) is 68.5 Å². The van der Waals surface area contributed by atoms with Gasteiger partial charge < -0.3 is 10.1 Å². The van der Waals surface area contributed by atoms with Crippen LogP contribution in [0.15, 0.2) is 35.5 Å². The van der Waals surface area contributed by atoms with E-state index in [4.69, 9.17) is 4.74 Å². The van der Waals surface area contributed by atoms with E-state index in [1.54, 1.807) is 13.1 Å². The Labute approximate surface area is 165 Å². The number of nitrogens with one attached hydrogen (secondary N) is 1. The smallest absolute Gasteiger partial charge is 0.261 e. The lowest BCUT2D eigenvalue weighted by Crippen LogP contribution is -2.18. The van der Waals surface area contributed by atoms with E-state index < -0.39 is 23.1 Å². The zero-order valence-corrected chi connectivity index (χ0v) is 15.7. The van der Waals surface area contributed by atoms with Crippen LogP contribution in [-0.4, -0.2) is 34.6 Å². The van der Waals surface area contributed by atoms with E-state index in [0.717, 1.165) is 29.3 Å². The third kappa shape index (κ3) is 2.91. The van der Waals surface area contributed by atoms with Crippen LogP contribution in [0.25, 0.3) is 10.9 Å². The summed E-state index contributed by atoms with van der Waals surface area (Å²) in [5.74, 6) is -2.45. The number of aryl methyl sites for hydroxylation is 1. The van der Waals surface area contributed by atoms with Crippen molar-refractivity contribution >= 4 is 28.2 Å². The molecule has 1 saturated heterocycles. The molecule has 1 fully saturated rings. The van der Waals surface area contributed by atoms with Crippen molar-refractivity contribution < 1.29 is 18.3 Å². The fourth-order valence-corrected chi connectivity index (χ4v) is 4.01. The van der Waals surface area contributed by atoms with Crippen molar-refractivity contribution in [2.24, 2.45) is 18.0 Å². The van der Waals surface area contributed by atoms with Crippen LogP contribution in [0.4, 0.5) is 14.5 Å². The molecule has 2 aliphatic heterocycles. The number of fused-ring (bicyclic) bond motifs is 2. The van der Waals surface area contributed by atoms with Crippen molar-refractivity contribution in [2.75, 3.05) is 18.5 Å². The van der Waals surface area contributed by atoms with Crippen LogP contribution in [0.3, 0.4) is 0 Å². The maximum Gasteiger partial charge on any atom is 0.261 e. The Balaban J connectivity index is 1.46. The first-order valence-corrected chi connectivity index (χ1v) is 9.39. The number of anilines is 1. The molecule has 1 atom stereocenters. The van der Waals surface area contributed by atoms with Crippen molar-refractivity contribution in [3.8, 4) is 0 Å². The average molecular weight is 396 g/mol. The van der Waals surface area contributed by atoms with Gasteiger partial charge in [-0.2, -0.15) is 5.10 Å². The third-order valence-electron chi connectivity index (χ3n) is 5.55. The van der Waals surface area contributed by atoms with E-state index in [-0.39, 0.29) is 16.8 Å². The fourth-order valence-electron chi connectivity index (χ4n) is 4.01. The van der Waals surface area contributed by atoms with Gasteiger partial charge in [0.05, 0.1) is 30.3 Å². The maximum atomic E-state index is 14.8. The Kier molecular flexibility index (Phi) is 4.16. The first kappa shape index (κ1) is 17.9. The predicted octanol–water partition coefficient (Wildman–Crippen LogP) is 3.44. The molecule has 3 heterocycles. The molecule has 0 aliphatic carbocycles. The number of amides is 1. The van der Waals surface area contributed by atoms with Gasteiger partial charge in [-0.25, -0.2) is 8.78 Å². The lowest BCUT2D eigenvalue weighted by Gasteiger charge is -2.12. The van der Waals surface area contributed by atoms with Crippen LogP contribution < -0.4 is 5.32 Å². The Morgan fingerprint density at radius 2 is 2.17 bits per heavy atom. The van der Waals surface area contributed by atoms with Gasteiger partial charge in [-0.1, -0.05) is 6.07 Å². The highest BCUT2D eigenvalue weighted by Gasteiger charge is 2.28. The molecular formula is C21H18F2N4O2. The van der Waals surface area contributed by atoms with E-state index in [0.29, 0.717) is 25.4 Å². The molecule has 0 radical (unpaired) electrons. The van der Waals surface area contributed by atoms with Gasteiger partial charge in [0.2, 0.25) is 0 Å². The van der Waals surface area contributed by atoms with Gasteiger partial charge in [-0.15, -0.1) is 0 Å². The van der Waals surface area contributed by atoms with Gasteiger partial charge in [0.1, 0.15) is 17.2 Å². The molecular weight excluding hydrogens is 378 g/mol. The van der Waals surface area contributed by atoms with Crippen molar-refractivity contribution in [3.63, 3.8) is 0 Å². The summed E-state index contributed by atoms with van der Waals surface area (Å²) in [6.07, 6.45) is 2.19. The molecule has 29 heavy (non-hydrogen) atoms. The molecule has 1 unspecified atom stereocenters. The van der Waals surface area contributed by atoms with Gasteiger partial charge in [0, 0.05) is 42.6 Å². The summed E-state index contributed by atoms with van der Waals surface area (Å²) in [5.41, 5.74) is 3.13. The second kappa shape index (κ2) is 6.73. The zero-order chi connectivity index (χ0) is 20.1. The monoisotopic (exact) mass is 396 g/mol. The third-order valence-corrected chi connectivity index (χ3v) is 5.55. The van der Waals surface area contributed by atoms with Crippen LogP contribution in [0.5, 0.6) is 0 Å². The number of rotatable bonds is 3. The largest absolute Gasteiger partial charge is 0.381 e. The Morgan fingerprint density at radius 3 is 2.97 bits per heavy atom. The van der Waals surface area contributed by atoms with Gasteiger partial charge in [0.15, 0.2) is 0 Å². The molecule has 1 N–H and O–H groups in total. The first-order chi connectivity index (χ1) is 14.0. The molecule has 8 heteroatoms. The summed E-state index contributed by atoms with van der Waals surface area (Å²) in [5, 5.41) is 6.64. The minimum atomic E-state index is -0.928. The summed E-state index contributed by atoms with van der Waals surface area (Å²) in [7, 11) is 1.58. The minimum absolute atomic E-state index is 0.101. The summed E-state index contributed by atoms with van der Waals surface area (Å²) in [6.45, 7) is 1.94. The van der Waals surface area contributed by atoms with Crippen molar-refractivity contribution in [1.82, 2.24) is 9.78 Å². The van der Waals surface area contributed by atoms with Crippen molar-refractivity contribution in [3.05, 3.63) is 58.8 Å². The quantitative estimate of drug-likeness (QED) is 0.737. The summed E-state index contributed by atoms with van der Waals surface area (Å²) in [4.78, 5) is 17.3. The number of ether oxygens (including phenoxy) is 1. The number of carbonyl (C=O) groups excluding carboxylic acids is 1. The van der Waals surface area contributed by atoms with E-state index in [2.05, 4.69) is 15.4 Å². The lowest BCUT2D eigenvalue weighted by atomic mass is 9.94. The highest BCUT2D eigenvalue weighted by atomic mass is 19.1. The molecule has 3 aromatic rings. The average Bonchev–Trinajstić information content (AvgIpc) is 3.42. The van der Waals surface area contributed by atoms with Gasteiger partial charge in [0.25, 0.3) is 5.91 Å². The second-order valence-corrected chi connectivity index (χ2v) is 7.34. The van der Waals surface area contributed by atoms with Crippen LogP contribution in [0.1, 0.15) is 27.9 Å². The molecule has 1 amide bonds. The van der Waals surface area contributed by atoms with Crippen LogP contribution in [0, 0.1) is 17.6 Å². The minimum Gasteiger partial charge on any atom is -0.381 e. The molecule has 2 aromatic carbocycles. The molecule has 0 spiro atoms. The fraction of sp³-hybridized carbons (Fsp3) is 0.286. The van der Waals surface area contributed by atoms with E-state index >= 15 is 0 Å². The highest BCUT2D eigenvalue weighted by Crippen LogP contribution is 2.30. The predicted molar refractivity (Wildman–Crippen MR) is 104 cm³/mol. The normalized spacial score (nSPS) is 18.2. The SMILES string of the molecule is Cn1ncc2c(F)c(C(=O)Nc3ccc4c(c3)C(C3CCOC3)=NC4)c(F)cc21. The van der Waals surface area contributed by atoms with Crippen molar-refractivity contribution in [2.45, 2.75) is 13.0 Å². The number of aromatic nitrogens is 2. The summed E-state index contributed by atoms with van der Waals surface area (Å²) in [6, 6.07) is 6.54. The number of benzene rings is 2. The van der Waals surface area contributed by atoms with Crippen LogP contribution >= 0.6 is 0 Å². The van der Waals surface area contributed by atoms with Gasteiger partial charge >= 0.3 is 0 Å². The standard InChI is InChI=1S/C21H18F2N4O2/c1-27-17-7-16(22)18(19(23)15(17)9-25-27)21(28)26-13-3-2-11-8-24-20(14(11)6-13)12-4-5-29-10-12/h2-3,6-7,9,12H,4-5,8,10H2,1H3,(H,26,28). The van der Waals surface area contributed by atoms with Crippen LogP contribution in [-0.2, 0) is 18.3 Å². The van der Waals surface area contributed by atoms with E-state index in [1.165, 1.54) is 10.9 Å². The zero-order valence-electron chi connectivity index (χ0n) is 15.7. The van der Waals surface area contributed by atoms with Gasteiger partial charge in [-0.3, -0.25) is 14.5 Å². The number of aliphatic imine (C=N–C) groups is 1. The maximum absolute atomic E-state index is 14.8. The molecule has 2 aliphatic rings. The summed E-state index contributed by atoms with van der Waals surface area (Å²) >= 11 is 0. The summed E-state index contributed by atoms with van der Waals surface area (Å²) < 4.78 is 36.1. The van der Waals surface area contributed by atoms with Gasteiger partial charge in [-0.05, 0) is 24.1 Å². The molecule has 148 valence electrons. The first-order valence-electron chi connectivity index (χ1n) is 9.39. The van der Waals surface area contributed by atoms with Crippen molar-refractivity contribution in [1.29, 1.82) is 0 Å². The molecule has 6 nitrogen and oxygen atoms in total. The second-order valence-electron chi connectivity index (χ2n) is 7.34. The molecule has 1 aromatic heterocycles. The number of nitrogens with zero attached hydrogens (tertiary/aromatic N) is 3. The number of carbonyl (C=O) groups is 1. The van der Waals surface area contributed by atoms with E-state index in [1.807, 2.05) is 12.1 Å². The highest BCUT2D eigenvalue weighted by molar-refractivity contribution is 6.09.